The van der Waals surface area contributed by atoms with Crippen molar-refractivity contribution in [1.82, 2.24) is 0 Å². The van der Waals surface area contributed by atoms with Crippen LogP contribution in [-0.2, 0) is 17.4 Å². The van der Waals surface area contributed by atoms with E-state index in [1.54, 1.807) is 60.7 Å². The minimum Gasteiger partial charge on any atom is -0.326 e. The summed E-state index contributed by atoms with van der Waals surface area (Å²) in [5, 5.41) is 4.91. The first-order valence-corrected chi connectivity index (χ1v) is 8.74. The molecule has 0 spiro atoms. The molecule has 2 amide bonds. The van der Waals surface area contributed by atoms with Gasteiger partial charge in [0.25, 0.3) is 5.91 Å². The van der Waals surface area contributed by atoms with Crippen molar-refractivity contribution in [3.8, 4) is 0 Å². The second kappa shape index (κ2) is 8.60. The molecule has 0 aliphatic heterocycles. The highest BCUT2D eigenvalue weighted by atomic mass is 19.4. The van der Waals surface area contributed by atoms with Gasteiger partial charge < -0.3 is 10.6 Å². The third-order valence-electron chi connectivity index (χ3n) is 4.05. The second-order valence-corrected chi connectivity index (χ2v) is 6.33. The zero-order chi connectivity index (χ0) is 20.9. The van der Waals surface area contributed by atoms with E-state index in [0.717, 1.165) is 17.7 Å². The maximum absolute atomic E-state index is 13.3. The molecular formula is C22H17F3N2O2. The first-order chi connectivity index (χ1) is 13.8. The Kier molecular flexibility index (Phi) is 5.97. The van der Waals surface area contributed by atoms with Crippen LogP contribution >= 0.6 is 0 Å². The molecule has 3 aromatic carbocycles. The van der Waals surface area contributed by atoms with E-state index in [4.69, 9.17) is 0 Å². The summed E-state index contributed by atoms with van der Waals surface area (Å²) in [5.41, 5.74) is -0.0552. The van der Waals surface area contributed by atoms with Crippen LogP contribution in [-0.4, -0.2) is 11.8 Å². The number of amides is 2. The molecule has 0 unspecified atom stereocenters. The lowest BCUT2D eigenvalue weighted by Gasteiger charge is -2.14. The number of carbonyl (C=O) groups excluding carboxylic acids is 2. The lowest BCUT2D eigenvalue weighted by molar-refractivity contribution is -0.137. The minimum absolute atomic E-state index is 0.0167. The van der Waals surface area contributed by atoms with Gasteiger partial charge >= 0.3 is 6.18 Å². The fraction of sp³-hybridized carbons (Fsp3) is 0.0909. The van der Waals surface area contributed by atoms with E-state index in [9.17, 15) is 22.8 Å². The number of hydrogen-bond acceptors (Lipinski definition) is 2. The SMILES string of the molecule is O=C(Cc1ccccc1)Nc1cc(NC(=O)c2ccccc2)cc(C(F)(F)F)c1. The molecule has 148 valence electrons. The van der Waals surface area contributed by atoms with E-state index >= 15 is 0 Å². The number of nitrogens with one attached hydrogen (secondary N) is 2. The van der Waals surface area contributed by atoms with Crippen molar-refractivity contribution in [3.63, 3.8) is 0 Å². The van der Waals surface area contributed by atoms with Crippen LogP contribution in [0.5, 0.6) is 0 Å². The summed E-state index contributed by atoms with van der Waals surface area (Å²) in [6, 6.07) is 19.9. The van der Waals surface area contributed by atoms with E-state index in [2.05, 4.69) is 10.6 Å². The first-order valence-electron chi connectivity index (χ1n) is 8.74. The summed E-state index contributed by atoms with van der Waals surface area (Å²) in [4.78, 5) is 24.5. The Morgan fingerprint density at radius 3 is 1.90 bits per heavy atom. The molecule has 0 aromatic heterocycles. The molecule has 3 aromatic rings. The van der Waals surface area contributed by atoms with E-state index < -0.39 is 23.6 Å². The van der Waals surface area contributed by atoms with Crippen LogP contribution < -0.4 is 10.6 Å². The Labute approximate surface area is 165 Å². The Balaban J connectivity index is 1.82. The van der Waals surface area contributed by atoms with Gasteiger partial charge in [-0.25, -0.2) is 0 Å². The molecule has 0 radical (unpaired) electrons. The van der Waals surface area contributed by atoms with Gasteiger partial charge in [-0.1, -0.05) is 48.5 Å². The first kappa shape index (κ1) is 20.1. The molecule has 0 fully saturated rings. The van der Waals surface area contributed by atoms with Crippen LogP contribution in [0.4, 0.5) is 24.5 Å². The zero-order valence-corrected chi connectivity index (χ0v) is 15.2. The third-order valence-corrected chi connectivity index (χ3v) is 4.05. The largest absolute Gasteiger partial charge is 0.416 e. The molecule has 0 saturated carbocycles. The molecule has 0 aliphatic rings. The van der Waals surface area contributed by atoms with E-state index in [-0.39, 0.29) is 17.8 Å². The number of rotatable bonds is 5. The van der Waals surface area contributed by atoms with Crippen molar-refractivity contribution in [2.75, 3.05) is 10.6 Å². The van der Waals surface area contributed by atoms with Crippen molar-refractivity contribution in [2.45, 2.75) is 12.6 Å². The van der Waals surface area contributed by atoms with E-state index in [1.165, 1.54) is 6.07 Å². The normalized spacial score (nSPS) is 11.0. The Bertz CT molecular complexity index is 1000. The maximum Gasteiger partial charge on any atom is 0.416 e. The lowest BCUT2D eigenvalue weighted by atomic mass is 10.1. The number of benzene rings is 3. The number of anilines is 2. The van der Waals surface area contributed by atoms with Gasteiger partial charge in [-0.05, 0) is 35.9 Å². The number of carbonyl (C=O) groups is 2. The van der Waals surface area contributed by atoms with Crippen molar-refractivity contribution >= 4 is 23.2 Å². The van der Waals surface area contributed by atoms with Gasteiger partial charge in [-0.3, -0.25) is 9.59 Å². The van der Waals surface area contributed by atoms with Gasteiger partial charge in [0.15, 0.2) is 0 Å². The standard InChI is InChI=1S/C22H17F3N2O2/c23-22(24,25)17-12-18(26-20(28)11-15-7-3-1-4-8-15)14-19(13-17)27-21(29)16-9-5-2-6-10-16/h1-10,12-14H,11H2,(H,26,28)(H,27,29). The Morgan fingerprint density at radius 2 is 1.31 bits per heavy atom. The topological polar surface area (TPSA) is 58.2 Å². The molecule has 4 nitrogen and oxygen atoms in total. The molecule has 3 rings (SSSR count). The van der Waals surface area contributed by atoms with Gasteiger partial charge in [-0.2, -0.15) is 13.2 Å². The van der Waals surface area contributed by atoms with Gasteiger partial charge in [-0.15, -0.1) is 0 Å². The predicted octanol–water partition coefficient (Wildman–Crippen LogP) is 5.14. The van der Waals surface area contributed by atoms with Crippen LogP contribution in [0.3, 0.4) is 0 Å². The van der Waals surface area contributed by atoms with Gasteiger partial charge in [0.1, 0.15) is 0 Å². The van der Waals surface area contributed by atoms with Crippen molar-refractivity contribution in [1.29, 1.82) is 0 Å². The Morgan fingerprint density at radius 1 is 0.759 bits per heavy atom. The smallest absolute Gasteiger partial charge is 0.326 e. The van der Waals surface area contributed by atoms with Crippen LogP contribution in [0.2, 0.25) is 0 Å². The molecular weight excluding hydrogens is 381 g/mol. The van der Waals surface area contributed by atoms with Crippen molar-refractivity contribution in [3.05, 3.63) is 95.6 Å². The summed E-state index contributed by atoms with van der Waals surface area (Å²) in [7, 11) is 0. The molecule has 0 heterocycles. The number of hydrogen-bond donors (Lipinski definition) is 2. The van der Waals surface area contributed by atoms with Gasteiger partial charge in [0, 0.05) is 16.9 Å². The molecule has 7 heteroatoms. The van der Waals surface area contributed by atoms with Gasteiger partial charge in [0.05, 0.1) is 12.0 Å². The number of halogens is 3. The second-order valence-electron chi connectivity index (χ2n) is 6.33. The zero-order valence-electron chi connectivity index (χ0n) is 15.2. The maximum atomic E-state index is 13.3. The summed E-state index contributed by atoms with van der Waals surface area (Å²) < 4.78 is 39.8. The molecule has 0 saturated heterocycles. The molecule has 0 aliphatic carbocycles. The average molecular weight is 398 g/mol. The highest BCUT2D eigenvalue weighted by Crippen LogP contribution is 2.33. The van der Waals surface area contributed by atoms with Crippen LogP contribution in [0.25, 0.3) is 0 Å². The molecule has 0 atom stereocenters. The van der Waals surface area contributed by atoms with Crippen LogP contribution in [0, 0.1) is 0 Å². The van der Waals surface area contributed by atoms with Crippen molar-refractivity contribution < 1.29 is 22.8 Å². The molecule has 29 heavy (non-hydrogen) atoms. The fourth-order valence-electron chi connectivity index (χ4n) is 2.71. The van der Waals surface area contributed by atoms with E-state index in [0.29, 0.717) is 5.56 Å². The van der Waals surface area contributed by atoms with E-state index in [1.807, 2.05) is 0 Å². The lowest BCUT2D eigenvalue weighted by Crippen LogP contribution is -2.17. The summed E-state index contributed by atoms with van der Waals surface area (Å²) in [5.74, 6) is -1.01. The monoisotopic (exact) mass is 398 g/mol. The summed E-state index contributed by atoms with van der Waals surface area (Å²) in [6.45, 7) is 0. The average Bonchev–Trinajstić information content (AvgIpc) is 2.68. The third kappa shape index (κ3) is 5.68. The van der Waals surface area contributed by atoms with Gasteiger partial charge in [0.2, 0.25) is 5.91 Å². The fourth-order valence-corrected chi connectivity index (χ4v) is 2.71. The van der Waals surface area contributed by atoms with Crippen molar-refractivity contribution in [2.24, 2.45) is 0 Å². The number of alkyl halides is 3. The predicted molar refractivity (Wildman–Crippen MR) is 105 cm³/mol. The minimum atomic E-state index is -4.63. The highest BCUT2D eigenvalue weighted by Gasteiger charge is 2.31. The molecule has 0 bridgehead atoms. The van der Waals surface area contributed by atoms with Crippen LogP contribution in [0.15, 0.2) is 78.9 Å². The van der Waals surface area contributed by atoms with Crippen LogP contribution in [0.1, 0.15) is 21.5 Å². The highest BCUT2D eigenvalue weighted by molar-refractivity contribution is 6.04. The summed E-state index contributed by atoms with van der Waals surface area (Å²) >= 11 is 0. The molecule has 2 N–H and O–H groups in total. The quantitative estimate of drug-likeness (QED) is 0.625. The summed E-state index contributed by atoms with van der Waals surface area (Å²) in [6.07, 6.45) is -4.62. The Hall–Kier alpha value is -3.61.